The summed E-state index contributed by atoms with van der Waals surface area (Å²) in [5, 5.41) is 3.18. The Morgan fingerprint density at radius 3 is 2.88 bits per heavy atom. The third-order valence-corrected chi connectivity index (χ3v) is 2.83. The van der Waals surface area contributed by atoms with E-state index in [1.807, 2.05) is 32.0 Å². The van der Waals surface area contributed by atoms with Gasteiger partial charge in [-0.2, -0.15) is 0 Å². The van der Waals surface area contributed by atoms with Crippen LogP contribution < -0.4 is 15.0 Å². The van der Waals surface area contributed by atoms with Gasteiger partial charge in [0, 0.05) is 6.54 Å². The molecule has 1 aliphatic heterocycles. The van der Waals surface area contributed by atoms with Crippen LogP contribution >= 0.6 is 0 Å². The number of amides is 1. The first-order chi connectivity index (χ1) is 7.69. The van der Waals surface area contributed by atoms with Gasteiger partial charge in [-0.15, -0.1) is 0 Å². The molecule has 0 fully saturated rings. The first kappa shape index (κ1) is 10.8. The average molecular weight is 220 g/mol. The number of para-hydroxylation sites is 1. The van der Waals surface area contributed by atoms with Crippen molar-refractivity contribution in [1.82, 2.24) is 0 Å². The summed E-state index contributed by atoms with van der Waals surface area (Å²) in [5.41, 5.74) is 1.80. The zero-order valence-corrected chi connectivity index (χ0v) is 9.78. The molecule has 0 aromatic heterocycles. The first-order valence-corrected chi connectivity index (χ1v) is 5.44. The first-order valence-electron chi connectivity index (χ1n) is 5.44. The maximum absolute atomic E-state index is 11.9. The Kier molecular flexibility index (Phi) is 2.73. The second kappa shape index (κ2) is 4.04. The molecule has 2 rings (SSSR count). The van der Waals surface area contributed by atoms with Crippen LogP contribution in [0.15, 0.2) is 18.2 Å². The highest BCUT2D eigenvalue weighted by Gasteiger charge is 2.30. The van der Waals surface area contributed by atoms with Crippen LogP contribution in [0.4, 0.5) is 11.4 Å². The highest BCUT2D eigenvalue weighted by Crippen LogP contribution is 2.38. The summed E-state index contributed by atoms with van der Waals surface area (Å²) in [6, 6.07) is 5.51. The molecule has 86 valence electrons. The van der Waals surface area contributed by atoms with Crippen molar-refractivity contribution < 1.29 is 9.53 Å². The van der Waals surface area contributed by atoms with Crippen LogP contribution in [0, 0.1) is 0 Å². The SMILES string of the molecule is CCN1C(=O)C(C)Nc2c(OC)cccc21. The zero-order valence-electron chi connectivity index (χ0n) is 9.78. The number of carbonyl (C=O) groups is 1. The highest BCUT2D eigenvalue weighted by atomic mass is 16.5. The molecule has 1 atom stereocenters. The van der Waals surface area contributed by atoms with Crippen molar-refractivity contribution in [3.8, 4) is 5.75 Å². The maximum Gasteiger partial charge on any atom is 0.249 e. The van der Waals surface area contributed by atoms with E-state index in [0.29, 0.717) is 6.54 Å². The molecule has 1 aromatic carbocycles. The topological polar surface area (TPSA) is 41.6 Å². The number of nitrogens with one attached hydrogen (secondary N) is 1. The third kappa shape index (κ3) is 1.50. The van der Waals surface area contributed by atoms with Gasteiger partial charge in [-0.25, -0.2) is 0 Å². The molecule has 4 heteroatoms. The van der Waals surface area contributed by atoms with Gasteiger partial charge < -0.3 is 15.0 Å². The predicted molar refractivity (Wildman–Crippen MR) is 64.1 cm³/mol. The van der Waals surface area contributed by atoms with Gasteiger partial charge in [0.1, 0.15) is 17.5 Å². The summed E-state index contributed by atoms with van der Waals surface area (Å²) >= 11 is 0. The van der Waals surface area contributed by atoms with Crippen LogP contribution in [0.25, 0.3) is 0 Å². The highest BCUT2D eigenvalue weighted by molar-refractivity contribution is 6.05. The maximum atomic E-state index is 11.9. The van der Waals surface area contributed by atoms with E-state index in [1.54, 1.807) is 12.0 Å². The molecule has 0 saturated carbocycles. The Morgan fingerprint density at radius 1 is 1.50 bits per heavy atom. The fraction of sp³-hybridized carbons (Fsp3) is 0.417. The number of fused-ring (bicyclic) bond motifs is 1. The van der Waals surface area contributed by atoms with Crippen molar-refractivity contribution in [2.75, 3.05) is 23.9 Å². The van der Waals surface area contributed by atoms with Gasteiger partial charge in [0.25, 0.3) is 0 Å². The number of nitrogens with zero attached hydrogens (tertiary/aromatic N) is 1. The van der Waals surface area contributed by atoms with Crippen LogP contribution in [0.3, 0.4) is 0 Å². The second-order valence-electron chi connectivity index (χ2n) is 3.80. The molecule has 1 N–H and O–H groups in total. The van der Waals surface area contributed by atoms with Crippen molar-refractivity contribution in [3.63, 3.8) is 0 Å². The minimum absolute atomic E-state index is 0.100. The lowest BCUT2D eigenvalue weighted by Gasteiger charge is -2.33. The van der Waals surface area contributed by atoms with E-state index in [0.717, 1.165) is 17.1 Å². The smallest absolute Gasteiger partial charge is 0.249 e. The summed E-state index contributed by atoms with van der Waals surface area (Å²) in [6.45, 7) is 4.50. The van der Waals surface area contributed by atoms with Crippen molar-refractivity contribution in [1.29, 1.82) is 0 Å². The summed E-state index contributed by atoms with van der Waals surface area (Å²) in [5.74, 6) is 0.874. The molecule has 16 heavy (non-hydrogen) atoms. The normalized spacial score (nSPS) is 19.1. The van der Waals surface area contributed by atoms with E-state index in [-0.39, 0.29) is 11.9 Å². The van der Waals surface area contributed by atoms with Crippen LogP contribution in [0.1, 0.15) is 13.8 Å². The standard InChI is InChI=1S/C12H16N2O2/c1-4-14-9-6-5-7-10(16-3)11(9)13-8(2)12(14)15/h5-8,13H,4H2,1-3H3. The van der Waals surface area contributed by atoms with Gasteiger partial charge in [-0.3, -0.25) is 4.79 Å². The largest absolute Gasteiger partial charge is 0.495 e. The minimum Gasteiger partial charge on any atom is -0.495 e. The number of benzene rings is 1. The summed E-state index contributed by atoms with van der Waals surface area (Å²) in [4.78, 5) is 13.7. The number of hydrogen-bond acceptors (Lipinski definition) is 3. The number of carbonyl (C=O) groups excluding carboxylic acids is 1. The number of methoxy groups -OCH3 is 1. The van der Waals surface area contributed by atoms with Crippen LogP contribution in [0.2, 0.25) is 0 Å². The molecule has 1 heterocycles. The zero-order chi connectivity index (χ0) is 11.7. The molecular formula is C12H16N2O2. The molecule has 0 spiro atoms. The molecule has 1 amide bonds. The van der Waals surface area contributed by atoms with Crippen LogP contribution in [-0.4, -0.2) is 25.6 Å². The van der Waals surface area contributed by atoms with Crippen molar-refractivity contribution >= 4 is 17.3 Å². The molecule has 1 unspecified atom stereocenters. The number of rotatable bonds is 2. The van der Waals surface area contributed by atoms with E-state index in [4.69, 9.17) is 4.74 Å². The molecule has 0 saturated heterocycles. The molecule has 0 radical (unpaired) electrons. The fourth-order valence-corrected chi connectivity index (χ4v) is 2.02. The Balaban J connectivity index is 2.53. The van der Waals surface area contributed by atoms with Crippen molar-refractivity contribution in [2.24, 2.45) is 0 Å². The lowest BCUT2D eigenvalue weighted by molar-refractivity contribution is -0.119. The van der Waals surface area contributed by atoms with Gasteiger partial charge in [-0.05, 0) is 26.0 Å². The molecule has 0 aliphatic carbocycles. The minimum atomic E-state index is -0.205. The number of likely N-dealkylation sites (N-methyl/N-ethyl adjacent to an activating group) is 1. The van der Waals surface area contributed by atoms with Crippen LogP contribution in [-0.2, 0) is 4.79 Å². The predicted octanol–water partition coefficient (Wildman–Crippen LogP) is 1.86. The number of ether oxygens (including phenoxy) is 1. The molecule has 0 bridgehead atoms. The summed E-state index contributed by atoms with van der Waals surface area (Å²) in [6.07, 6.45) is 0. The van der Waals surface area contributed by atoms with E-state index in [9.17, 15) is 4.79 Å². The van der Waals surface area contributed by atoms with Gasteiger partial charge in [0.05, 0.1) is 12.8 Å². The lowest BCUT2D eigenvalue weighted by Crippen LogP contribution is -2.45. The molecule has 4 nitrogen and oxygen atoms in total. The fourth-order valence-electron chi connectivity index (χ4n) is 2.02. The molecule has 1 aromatic rings. The van der Waals surface area contributed by atoms with Gasteiger partial charge >= 0.3 is 0 Å². The van der Waals surface area contributed by atoms with Gasteiger partial charge in [-0.1, -0.05) is 6.07 Å². The Labute approximate surface area is 95.2 Å². The quantitative estimate of drug-likeness (QED) is 0.827. The Hall–Kier alpha value is -1.71. The average Bonchev–Trinajstić information content (AvgIpc) is 2.30. The number of anilines is 2. The summed E-state index contributed by atoms with van der Waals surface area (Å²) in [7, 11) is 1.63. The monoisotopic (exact) mass is 220 g/mol. The lowest BCUT2D eigenvalue weighted by atomic mass is 10.1. The van der Waals surface area contributed by atoms with Gasteiger partial charge in [0.15, 0.2) is 0 Å². The molecular weight excluding hydrogens is 204 g/mol. The second-order valence-corrected chi connectivity index (χ2v) is 3.80. The van der Waals surface area contributed by atoms with E-state index < -0.39 is 0 Å². The van der Waals surface area contributed by atoms with Crippen molar-refractivity contribution in [2.45, 2.75) is 19.9 Å². The van der Waals surface area contributed by atoms with Gasteiger partial charge in [0.2, 0.25) is 5.91 Å². The van der Waals surface area contributed by atoms with Crippen molar-refractivity contribution in [3.05, 3.63) is 18.2 Å². The van der Waals surface area contributed by atoms with E-state index in [2.05, 4.69) is 5.32 Å². The Morgan fingerprint density at radius 2 is 2.25 bits per heavy atom. The number of hydrogen-bond donors (Lipinski definition) is 1. The van der Waals surface area contributed by atoms with E-state index >= 15 is 0 Å². The summed E-state index contributed by atoms with van der Waals surface area (Å²) < 4.78 is 5.29. The Bertz CT molecular complexity index is 417. The van der Waals surface area contributed by atoms with Crippen LogP contribution in [0.5, 0.6) is 5.75 Å². The molecule has 1 aliphatic rings. The van der Waals surface area contributed by atoms with E-state index in [1.165, 1.54) is 0 Å². The third-order valence-electron chi connectivity index (χ3n) is 2.83.